The number of methoxy groups -OCH3 is 1. The normalized spacial score (nSPS) is 19.5. The minimum absolute atomic E-state index is 0.195. The zero-order chi connectivity index (χ0) is 15.3. The molecule has 2 rings (SSSR count). The fourth-order valence-corrected chi connectivity index (χ4v) is 3.09. The molecule has 0 radical (unpaired) electrons. The summed E-state index contributed by atoms with van der Waals surface area (Å²) >= 11 is 0. The van der Waals surface area contributed by atoms with Crippen molar-refractivity contribution in [2.75, 3.05) is 7.11 Å². The molecule has 0 aromatic heterocycles. The molecule has 2 N–H and O–H groups in total. The van der Waals surface area contributed by atoms with E-state index in [1.54, 1.807) is 24.3 Å². The van der Waals surface area contributed by atoms with E-state index in [2.05, 4.69) is 5.32 Å². The highest BCUT2D eigenvalue weighted by Crippen LogP contribution is 2.28. The molecule has 1 aliphatic carbocycles. The van der Waals surface area contributed by atoms with Crippen LogP contribution in [-0.2, 0) is 15.1 Å². The van der Waals surface area contributed by atoms with Crippen LogP contribution in [0.15, 0.2) is 24.3 Å². The van der Waals surface area contributed by atoms with E-state index in [4.69, 9.17) is 4.74 Å². The first-order chi connectivity index (χ1) is 10.1. The lowest BCUT2D eigenvalue weighted by molar-refractivity contribution is -0.148. The van der Waals surface area contributed by atoms with Gasteiger partial charge < -0.3 is 9.84 Å². The number of phenolic OH excluding ortho intramolecular Hbond substituents is 1. The monoisotopic (exact) mass is 291 g/mol. The van der Waals surface area contributed by atoms with Gasteiger partial charge in [-0.1, -0.05) is 37.8 Å². The van der Waals surface area contributed by atoms with Gasteiger partial charge in [0.1, 0.15) is 11.3 Å². The maximum absolute atomic E-state index is 12.3. The molecule has 0 aliphatic heterocycles. The number of hydrogen-bond donors (Lipinski definition) is 2. The van der Waals surface area contributed by atoms with Crippen LogP contribution in [0.2, 0.25) is 0 Å². The Morgan fingerprint density at radius 1 is 1.19 bits per heavy atom. The van der Waals surface area contributed by atoms with Crippen LogP contribution in [0.4, 0.5) is 0 Å². The Morgan fingerprint density at radius 2 is 1.76 bits per heavy atom. The van der Waals surface area contributed by atoms with Gasteiger partial charge in [0.25, 0.3) is 0 Å². The third-order valence-corrected chi connectivity index (χ3v) is 4.39. The lowest BCUT2D eigenvalue weighted by atomic mass is 9.90. The summed E-state index contributed by atoms with van der Waals surface area (Å²) < 4.78 is 5.01. The molecule has 1 saturated carbocycles. The number of hydrogen-bond acceptors (Lipinski definition) is 4. The predicted molar refractivity (Wildman–Crippen MR) is 82.1 cm³/mol. The predicted octanol–water partition coefficient (Wildman–Crippen LogP) is 3.09. The van der Waals surface area contributed by atoms with Gasteiger partial charge in [-0.15, -0.1) is 0 Å². The van der Waals surface area contributed by atoms with Crippen LogP contribution in [-0.4, -0.2) is 24.2 Å². The van der Waals surface area contributed by atoms with Crippen LogP contribution in [0, 0.1) is 0 Å². The van der Waals surface area contributed by atoms with Gasteiger partial charge >= 0.3 is 5.97 Å². The molecular weight excluding hydrogens is 266 g/mol. The molecule has 0 saturated heterocycles. The second kappa shape index (κ2) is 6.94. The zero-order valence-electron chi connectivity index (χ0n) is 12.9. The number of ether oxygens (including phenoxy) is 1. The van der Waals surface area contributed by atoms with E-state index in [1.165, 1.54) is 32.8 Å². The average molecular weight is 291 g/mol. The number of rotatable bonds is 4. The molecule has 1 aromatic carbocycles. The Hall–Kier alpha value is -1.55. The van der Waals surface area contributed by atoms with Crippen LogP contribution in [0.3, 0.4) is 0 Å². The lowest BCUT2D eigenvalue weighted by Gasteiger charge is -2.33. The molecule has 1 fully saturated rings. The smallest absolute Gasteiger partial charge is 0.330 e. The van der Waals surface area contributed by atoms with Gasteiger partial charge in [0.15, 0.2) is 0 Å². The number of benzene rings is 1. The van der Waals surface area contributed by atoms with E-state index in [0.717, 1.165) is 18.4 Å². The van der Waals surface area contributed by atoms with Crippen LogP contribution < -0.4 is 5.32 Å². The Morgan fingerprint density at radius 3 is 2.29 bits per heavy atom. The van der Waals surface area contributed by atoms with Crippen molar-refractivity contribution in [1.82, 2.24) is 5.32 Å². The topological polar surface area (TPSA) is 58.6 Å². The van der Waals surface area contributed by atoms with Crippen LogP contribution in [0.25, 0.3) is 0 Å². The van der Waals surface area contributed by atoms with E-state index in [1.807, 2.05) is 6.92 Å². The number of esters is 1. The van der Waals surface area contributed by atoms with Crippen molar-refractivity contribution in [2.45, 2.75) is 57.0 Å². The van der Waals surface area contributed by atoms with Gasteiger partial charge in [-0.2, -0.15) is 0 Å². The number of carbonyl (C=O) groups is 1. The van der Waals surface area contributed by atoms with Crippen molar-refractivity contribution in [3.8, 4) is 5.75 Å². The van der Waals surface area contributed by atoms with E-state index < -0.39 is 5.54 Å². The largest absolute Gasteiger partial charge is 0.508 e. The Labute approximate surface area is 126 Å². The van der Waals surface area contributed by atoms with Crippen LogP contribution in [0.5, 0.6) is 5.75 Å². The molecule has 1 unspecified atom stereocenters. The highest BCUT2D eigenvalue weighted by Gasteiger charge is 2.38. The molecule has 0 amide bonds. The van der Waals surface area contributed by atoms with Gasteiger partial charge in [0.05, 0.1) is 7.11 Å². The number of carbonyl (C=O) groups excluding carboxylic acids is 1. The minimum Gasteiger partial charge on any atom is -0.508 e. The maximum atomic E-state index is 12.3. The molecule has 4 heteroatoms. The summed E-state index contributed by atoms with van der Waals surface area (Å²) in [6.45, 7) is 1.86. The number of phenols is 1. The molecule has 1 aromatic rings. The van der Waals surface area contributed by atoms with Crippen molar-refractivity contribution in [2.24, 2.45) is 0 Å². The minimum atomic E-state index is -0.878. The summed E-state index contributed by atoms with van der Waals surface area (Å²) in [4.78, 5) is 12.3. The van der Waals surface area contributed by atoms with E-state index in [9.17, 15) is 9.90 Å². The number of aromatic hydroxyl groups is 1. The van der Waals surface area contributed by atoms with E-state index >= 15 is 0 Å². The molecular formula is C17H25NO3. The van der Waals surface area contributed by atoms with Gasteiger partial charge in [-0.25, -0.2) is 4.79 Å². The van der Waals surface area contributed by atoms with Gasteiger partial charge in [0.2, 0.25) is 0 Å². The molecule has 4 nitrogen and oxygen atoms in total. The summed E-state index contributed by atoms with van der Waals surface area (Å²) in [6, 6.07) is 7.08. The van der Waals surface area contributed by atoms with Crippen LogP contribution in [0.1, 0.15) is 51.0 Å². The highest BCUT2D eigenvalue weighted by molar-refractivity contribution is 5.82. The summed E-state index contributed by atoms with van der Waals surface area (Å²) in [6.07, 6.45) is 7.11. The van der Waals surface area contributed by atoms with Gasteiger partial charge in [0, 0.05) is 6.04 Å². The average Bonchev–Trinajstić information content (AvgIpc) is 2.75. The fraction of sp³-hybridized carbons (Fsp3) is 0.588. The maximum Gasteiger partial charge on any atom is 0.330 e. The first-order valence-electron chi connectivity index (χ1n) is 7.72. The Balaban J connectivity index is 2.23. The molecule has 21 heavy (non-hydrogen) atoms. The molecule has 0 spiro atoms. The third-order valence-electron chi connectivity index (χ3n) is 4.39. The second-order valence-electron chi connectivity index (χ2n) is 6.00. The molecule has 0 bridgehead atoms. The standard InChI is InChI=1S/C17H25NO3/c1-17(16(20)21-2,13-9-11-15(19)12-10-13)18-14-7-5-3-4-6-8-14/h9-12,14,18-19H,3-8H2,1-2H3. The van der Waals surface area contributed by atoms with Crippen LogP contribution >= 0.6 is 0 Å². The Bertz CT molecular complexity index is 463. The quantitative estimate of drug-likeness (QED) is 0.661. The first kappa shape index (κ1) is 15.8. The highest BCUT2D eigenvalue weighted by atomic mass is 16.5. The van der Waals surface area contributed by atoms with Crippen molar-refractivity contribution < 1.29 is 14.6 Å². The number of nitrogens with one attached hydrogen (secondary N) is 1. The van der Waals surface area contributed by atoms with Crippen molar-refractivity contribution in [1.29, 1.82) is 0 Å². The molecule has 0 heterocycles. The van der Waals surface area contributed by atoms with Crippen molar-refractivity contribution in [3.63, 3.8) is 0 Å². The second-order valence-corrected chi connectivity index (χ2v) is 6.00. The van der Waals surface area contributed by atoms with E-state index in [0.29, 0.717) is 6.04 Å². The molecule has 1 aliphatic rings. The third kappa shape index (κ3) is 3.76. The summed E-state index contributed by atoms with van der Waals surface area (Å²) in [7, 11) is 1.41. The molecule has 116 valence electrons. The van der Waals surface area contributed by atoms with E-state index in [-0.39, 0.29) is 11.7 Å². The van der Waals surface area contributed by atoms with Crippen molar-refractivity contribution in [3.05, 3.63) is 29.8 Å². The van der Waals surface area contributed by atoms with Gasteiger partial charge in [-0.3, -0.25) is 5.32 Å². The SMILES string of the molecule is COC(=O)C(C)(NC1CCCCCC1)c1ccc(O)cc1. The Kier molecular flexibility index (Phi) is 5.23. The van der Waals surface area contributed by atoms with Gasteiger partial charge in [-0.05, 0) is 37.5 Å². The first-order valence-corrected chi connectivity index (χ1v) is 7.72. The van der Waals surface area contributed by atoms with Crippen molar-refractivity contribution >= 4 is 5.97 Å². The molecule has 1 atom stereocenters. The summed E-state index contributed by atoms with van der Waals surface area (Å²) in [5, 5.41) is 12.9. The lowest BCUT2D eigenvalue weighted by Crippen LogP contribution is -2.51. The zero-order valence-corrected chi connectivity index (χ0v) is 12.9. The fourth-order valence-electron chi connectivity index (χ4n) is 3.09. The summed E-state index contributed by atoms with van der Waals surface area (Å²) in [5.41, 5.74) is -0.0614. The summed E-state index contributed by atoms with van der Waals surface area (Å²) in [5.74, 6) is -0.0992.